The lowest BCUT2D eigenvalue weighted by Gasteiger charge is -2.07. The lowest BCUT2D eigenvalue weighted by molar-refractivity contribution is -0.117. The van der Waals surface area contributed by atoms with E-state index in [-0.39, 0.29) is 11.1 Å². The summed E-state index contributed by atoms with van der Waals surface area (Å²) in [5, 5.41) is 21.0. The summed E-state index contributed by atoms with van der Waals surface area (Å²) in [5.41, 5.74) is 2.73. The van der Waals surface area contributed by atoms with Crippen LogP contribution in [0.1, 0.15) is 27.0 Å². The van der Waals surface area contributed by atoms with E-state index < -0.39 is 11.9 Å². The Labute approximate surface area is 180 Å². The molecule has 6 nitrogen and oxygen atoms in total. The Bertz CT molecular complexity index is 1110. The Morgan fingerprint density at radius 1 is 0.935 bits per heavy atom. The van der Waals surface area contributed by atoms with Gasteiger partial charge < -0.3 is 15.2 Å². The molecule has 0 aliphatic carbocycles. The molecular formula is C25H20N2O4. The van der Waals surface area contributed by atoms with Gasteiger partial charge in [0.1, 0.15) is 24.0 Å². The Kier molecular flexibility index (Phi) is 7.17. The van der Waals surface area contributed by atoms with Crippen LogP contribution in [-0.4, -0.2) is 17.0 Å². The van der Waals surface area contributed by atoms with Crippen LogP contribution in [0.2, 0.25) is 0 Å². The molecule has 0 unspecified atom stereocenters. The number of ether oxygens (including phenoxy) is 1. The second-order valence-electron chi connectivity index (χ2n) is 6.70. The molecule has 0 heterocycles. The third-order valence-corrected chi connectivity index (χ3v) is 4.46. The highest BCUT2D eigenvalue weighted by Gasteiger charge is 2.09. The summed E-state index contributed by atoms with van der Waals surface area (Å²) >= 11 is 0. The number of hydrogen-bond donors (Lipinski definition) is 2. The van der Waals surface area contributed by atoms with Crippen molar-refractivity contribution in [1.29, 1.82) is 5.26 Å². The van der Waals surface area contributed by atoms with E-state index in [1.807, 2.05) is 36.4 Å². The molecule has 0 atom stereocenters. The lowest BCUT2D eigenvalue weighted by Crippen LogP contribution is -2.23. The predicted octanol–water partition coefficient (Wildman–Crippen LogP) is 4.19. The number of amides is 1. The third kappa shape index (κ3) is 6.31. The summed E-state index contributed by atoms with van der Waals surface area (Å²) in [5.74, 6) is -0.787. The van der Waals surface area contributed by atoms with Gasteiger partial charge in [-0.15, -0.1) is 0 Å². The topological polar surface area (TPSA) is 99.4 Å². The van der Waals surface area contributed by atoms with Crippen molar-refractivity contribution in [3.63, 3.8) is 0 Å². The first-order valence-electron chi connectivity index (χ1n) is 9.54. The number of carboxylic acids is 1. The van der Waals surface area contributed by atoms with Gasteiger partial charge >= 0.3 is 5.97 Å². The first-order valence-corrected chi connectivity index (χ1v) is 9.54. The maximum Gasteiger partial charge on any atom is 0.335 e. The highest BCUT2D eigenvalue weighted by Crippen LogP contribution is 2.17. The van der Waals surface area contributed by atoms with Gasteiger partial charge in [0.25, 0.3) is 5.91 Å². The molecule has 0 saturated carbocycles. The summed E-state index contributed by atoms with van der Waals surface area (Å²) < 4.78 is 5.70. The number of nitriles is 1. The van der Waals surface area contributed by atoms with E-state index in [1.165, 1.54) is 18.2 Å². The lowest BCUT2D eigenvalue weighted by atomic mass is 10.1. The minimum absolute atomic E-state index is 0.0168. The highest BCUT2D eigenvalue weighted by atomic mass is 16.5. The molecule has 0 bridgehead atoms. The van der Waals surface area contributed by atoms with E-state index >= 15 is 0 Å². The van der Waals surface area contributed by atoms with Crippen LogP contribution in [0, 0.1) is 11.3 Å². The quantitative estimate of drug-likeness (QED) is 0.427. The summed E-state index contributed by atoms with van der Waals surface area (Å²) in [6.45, 7) is 0.638. The minimum atomic E-state index is -0.971. The van der Waals surface area contributed by atoms with E-state index in [0.29, 0.717) is 24.5 Å². The number of benzene rings is 3. The van der Waals surface area contributed by atoms with Gasteiger partial charge in [-0.1, -0.05) is 54.6 Å². The zero-order chi connectivity index (χ0) is 22.1. The molecular weight excluding hydrogens is 392 g/mol. The normalized spacial score (nSPS) is 10.7. The predicted molar refractivity (Wildman–Crippen MR) is 116 cm³/mol. The van der Waals surface area contributed by atoms with Crippen LogP contribution >= 0.6 is 0 Å². The fourth-order valence-electron chi connectivity index (χ4n) is 2.76. The summed E-state index contributed by atoms with van der Waals surface area (Å²) in [4.78, 5) is 23.2. The Hall–Kier alpha value is -4.37. The molecule has 0 aliphatic rings. The van der Waals surface area contributed by atoms with Crippen LogP contribution in [0.4, 0.5) is 0 Å². The first-order chi connectivity index (χ1) is 15.0. The maximum absolute atomic E-state index is 12.3. The van der Waals surface area contributed by atoms with Crippen molar-refractivity contribution in [2.45, 2.75) is 13.2 Å². The zero-order valence-corrected chi connectivity index (χ0v) is 16.6. The molecule has 154 valence electrons. The van der Waals surface area contributed by atoms with Gasteiger partial charge in [-0.2, -0.15) is 5.26 Å². The fourth-order valence-corrected chi connectivity index (χ4v) is 2.76. The molecule has 0 saturated heterocycles. The van der Waals surface area contributed by atoms with Crippen LogP contribution in [0.25, 0.3) is 6.08 Å². The molecule has 31 heavy (non-hydrogen) atoms. The largest absolute Gasteiger partial charge is 0.489 e. The van der Waals surface area contributed by atoms with Crippen molar-refractivity contribution in [2.24, 2.45) is 0 Å². The molecule has 2 N–H and O–H groups in total. The zero-order valence-electron chi connectivity index (χ0n) is 16.6. The summed E-state index contributed by atoms with van der Waals surface area (Å²) in [6, 6.07) is 24.9. The summed E-state index contributed by atoms with van der Waals surface area (Å²) in [7, 11) is 0. The van der Waals surface area contributed by atoms with Crippen LogP contribution in [0.3, 0.4) is 0 Å². The maximum atomic E-state index is 12.3. The van der Waals surface area contributed by atoms with Gasteiger partial charge in [-0.3, -0.25) is 4.79 Å². The van der Waals surface area contributed by atoms with Gasteiger partial charge in [0, 0.05) is 6.54 Å². The Morgan fingerprint density at radius 2 is 1.61 bits per heavy atom. The minimum Gasteiger partial charge on any atom is -0.489 e. The van der Waals surface area contributed by atoms with Crippen molar-refractivity contribution >= 4 is 18.0 Å². The van der Waals surface area contributed by atoms with E-state index in [0.717, 1.165) is 11.1 Å². The monoisotopic (exact) mass is 412 g/mol. The number of carboxylic acid groups (broad SMARTS) is 1. The number of carbonyl (C=O) groups excluding carboxylic acids is 1. The number of aromatic carboxylic acids is 1. The van der Waals surface area contributed by atoms with E-state index in [9.17, 15) is 14.9 Å². The SMILES string of the molecule is N#C/C(=C\c1ccc(OCc2ccc(C(=O)O)cc2)cc1)C(=O)NCc1ccccc1. The Balaban J connectivity index is 1.57. The van der Waals surface area contributed by atoms with Crippen LogP contribution < -0.4 is 10.1 Å². The average Bonchev–Trinajstić information content (AvgIpc) is 2.81. The molecule has 0 fully saturated rings. The van der Waals surface area contributed by atoms with Crippen molar-refractivity contribution in [3.05, 3.63) is 107 Å². The second-order valence-corrected chi connectivity index (χ2v) is 6.70. The fraction of sp³-hybridized carbons (Fsp3) is 0.0800. The number of rotatable bonds is 8. The van der Waals surface area contributed by atoms with Crippen LogP contribution in [0.5, 0.6) is 5.75 Å². The smallest absolute Gasteiger partial charge is 0.335 e. The summed E-state index contributed by atoms with van der Waals surface area (Å²) in [6.07, 6.45) is 1.52. The van der Waals surface area contributed by atoms with Gasteiger partial charge in [-0.05, 0) is 47.0 Å². The molecule has 3 aromatic carbocycles. The molecule has 3 aromatic rings. The van der Waals surface area contributed by atoms with Gasteiger partial charge in [0.15, 0.2) is 0 Å². The molecule has 0 spiro atoms. The molecule has 6 heteroatoms. The van der Waals surface area contributed by atoms with Gasteiger partial charge in [0.05, 0.1) is 5.56 Å². The van der Waals surface area contributed by atoms with Gasteiger partial charge in [-0.25, -0.2) is 4.79 Å². The first kappa shape index (κ1) is 21.3. The van der Waals surface area contributed by atoms with Gasteiger partial charge in [0.2, 0.25) is 0 Å². The van der Waals surface area contributed by atoms with Crippen LogP contribution in [0.15, 0.2) is 84.4 Å². The number of hydrogen-bond acceptors (Lipinski definition) is 4. The third-order valence-electron chi connectivity index (χ3n) is 4.46. The van der Waals surface area contributed by atoms with Crippen molar-refractivity contribution < 1.29 is 19.4 Å². The molecule has 0 aromatic heterocycles. The number of carbonyl (C=O) groups is 2. The van der Waals surface area contributed by atoms with Crippen molar-refractivity contribution in [2.75, 3.05) is 0 Å². The molecule has 0 aliphatic heterocycles. The van der Waals surface area contributed by atoms with E-state index in [1.54, 1.807) is 36.4 Å². The second kappa shape index (κ2) is 10.4. The van der Waals surface area contributed by atoms with E-state index in [4.69, 9.17) is 9.84 Å². The van der Waals surface area contributed by atoms with E-state index in [2.05, 4.69) is 5.32 Å². The molecule has 1 amide bonds. The highest BCUT2D eigenvalue weighted by molar-refractivity contribution is 6.01. The standard InChI is InChI=1S/C25H20N2O4/c26-15-22(24(28)27-16-19-4-2-1-3-5-19)14-18-8-12-23(13-9-18)31-17-20-6-10-21(11-7-20)25(29)30/h1-14H,16-17H2,(H,27,28)(H,29,30)/b22-14+. The molecule has 3 rings (SSSR count). The van der Waals surface area contributed by atoms with Crippen molar-refractivity contribution in [3.8, 4) is 11.8 Å². The Morgan fingerprint density at radius 3 is 2.23 bits per heavy atom. The molecule has 0 radical (unpaired) electrons. The van der Waals surface area contributed by atoms with Crippen LogP contribution in [-0.2, 0) is 17.9 Å². The number of nitrogens with zero attached hydrogens (tertiary/aromatic N) is 1. The average molecular weight is 412 g/mol. The number of nitrogens with one attached hydrogen (secondary N) is 1. The van der Waals surface area contributed by atoms with Crippen molar-refractivity contribution in [1.82, 2.24) is 5.32 Å².